The maximum absolute atomic E-state index is 13.2. The molecule has 0 aliphatic carbocycles. The topological polar surface area (TPSA) is 41.4 Å². The SMILES string of the molecule is CCCC(c1nc2ccc(Br)cc2c(=O)n1CC)N1CCN(C)C[C@H](C)C1. The van der Waals surface area contributed by atoms with Crippen LogP contribution in [0, 0.1) is 5.92 Å². The zero-order valence-corrected chi connectivity index (χ0v) is 18.5. The zero-order chi connectivity index (χ0) is 19.6. The molecule has 148 valence electrons. The number of halogens is 1. The molecule has 0 amide bonds. The fourth-order valence-corrected chi connectivity index (χ4v) is 4.63. The molecule has 2 aromatic rings. The molecular weight excluding hydrogens is 404 g/mol. The van der Waals surface area contributed by atoms with E-state index in [1.165, 1.54) is 0 Å². The molecule has 0 N–H and O–H groups in total. The summed E-state index contributed by atoms with van der Waals surface area (Å²) in [7, 11) is 2.20. The van der Waals surface area contributed by atoms with Gasteiger partial charge in [-0.25, -0.2) is 4.98 Å². The van der Waals surface area contributed by atoms with Gasteiger partial charge >= 0.3 is 0 Å². The van der Waals surface area contributed by atoms with Gasteiger partial charge in [-0.1, -0.05) is 36.2 Å². The van der Waals surface area contributed by atoms with Crippen molar-refractivity contribution in [3.05, 3.63) is 38.9 Å². The van der Waals surface area contributed by atoms with Crippen LogP contribution in [0.15, 0.2) is 27.5 Å². The Kier molecular flexibility index (Phi) is 6.71. The van der Waals surface area contributed by atoms with Crippen molar-refractivity contribution in [2.45, 2.75) is 46.2 Å². The highest BCUT2D eigenvalue weighted by molar-refractivity contribution is 9.10. The first kappa shape index (κ1) is 20.5. The molecule has 0 bridgehead atoms. The van der Waals surface area contributed by atoms with Gasteiger partial charge in [0.15, 0.2) is 0 Å². The van der Waals surface area contributed by atoms with E-state index in [2.05, 4.69) is 46.6 Å². The van der Waals surface area contributed by atoms with E-state index in [-0.39, 0.29) is 11.6 Å². The van der Waals surface area contributed by atoms with Gasteiger partial charge in [0.2, 0.25) is 0 Å². The number of hydrogen-bond donors (Lipinski definition) is 0. The van der Waals surface area contributed by atoms with Gasteiger partial charge in [-0.3, -0.25) is 14.3 Å². The first-order valence-electron chi connectivity index (χ1n) is 10.1. The van der Waals surface area contributed by atoms with Gasteiger partial charge in [-0.2, -0.15) is 0 Å². The molecule has 2 heterocycles. The van der Waals surface area contributed by atoms with Crippen molar-refractivity contribution in [2.75, 3.05) is 33.2 Å². The standard InChI is InChI=1S/C21H31BrN4O/c1-5-7-19(25-11-10-24(4)13-15(3)14-25)20-23-18-9-8-16(22)12-17(18)21(27)26(20)6-2/h8-9,12,15,19H,5-7,10-11,13-14H2,1-4H3/t15-,19?/m0/s1. The maximum atomic E-state index is 13.2. The van der Waals surface area contributed by atoms with Gasteiger partial charge in [0.05, 0.1) is 16.9 Å². The molecule has 1 unspecified atom stereocenters. The average Bonchev–Trinajstić information content (AvgIpc) is 2.80. The number of benzene rings is 1. The quantitative estimate of drug-likeness (QED) is 0.715. The molecule has 27 heavy (non-hydrogen) atoms. The lowest BCUT2D eigenvalue weighted by Crippen LogP contribution is -2.38. The van der Waals surface area contributed by atoms with Crippen LogP contribution < -0.4 is 5.56 Å². The van der Waals surface area contributed by atoms with Crippen LogP contribution in [0.5, 0.6) is 0 Å². The van der Waals surface area contributed by atoms with Gasteiger partial charge in [-0.15, -0.1) is 0 Å². The van der Waals surface area contributed by atoms with Crippen LogP contribution in [-0.4, -0.2) is 52.6 Å². The van der Waals surface area contributed by atoms with Crippen LogP contribution in [0.2, 0.25) is 0 Å². The number of rotatable bonds is 5. The lowest BCUT2D eigenvalue weighted by Gasteiger charge is -2.32. The third kappa shape index (κ3) is 4.44. The Labute approximate surface area is 170 Å². The fraction of sp³-hybridized carbons (Fsp3) is 0.619. The Hall–Kier alpha value is -1.24. The molecule has 1 saturated heterocycles. The van der Waals surface area contributed by atoms with Crippen molar-refractivity contribution in [3.63, 3.8) is 0 Å². The van der Waals surface area contributed by atoms with E-state index in [1.807, 2.05) is 29.7 Å². The predicted octanol–water partition coefficient (Wildman–Crippen LogP) is 3.90. The average molecular weight is 435 g/mol. The fourth-order valence-electron chi connectivity index (χ4n) is 4.27. The first-order valence-corrected chi connectivity index (χ1v) is 10.9. The van der Waals surface area contributed by atoms with Gasteiger partial charge < -0.3 is 4.90 Å². The summed E-state index contributed by atoms with van der Waals surface area (Å²) in [5, 5.41) is 0.689. The first-order chi connectivity index (χ1) is 12.9. The van der Waals surface area contributed by atoms with Gasteiger partial charge in [0.1, 0.15) is 5.82 Å². The largest absolute Gasteiger partial charge is 0.305 e. The van der Waals surface area contributed by atoms with Crippen LogP contribution in [-0.2, 0) is 6.54 Å². The lowest BCUT2D eigenvalue weighted by molar-refractivity contribution is 0.167. The van der Waals surface area contributed by atoms with E-state index in [9.17, 15) is 4.79 Å². The molecule has 1 aromatic heterocycles. The minimum Gasteiger partial charge on any atom is -0.305 e. The Morgan fingerprint density at radius 3 is 2.74 bits per heavy atom. The van der Waals surface area contributed by atoms with Gasteiger partial charge in [0.25, 0.3) is 5.56 Å². The number of fused-ring (bicyclic) bond motifs is 1. The minimum atomic E-state index is 0.0693. The molecule has 2 atom stereocenters. The van der Waals surface area contributed by atoms with Crippen LogP contribution in [0.25, 0.3) is 10.9 Å². The van der Waals surface area contributed by atoms with Crippen molar-refractivity contribution in [1.29, 1.82) is 0 Å². The summed E-state index contributed by atoms with van der Waals surface area (Å²) in [6, 6.07) is 5.99. The molecule has 0 saturated carbocycles. The second-order valence-corrected chi connectivity index (χ2v) is 8.76. The number of nitrogens with zero attached hydrogens (tertiary/aromatic N) is 4. The molecule has 5 nitrogen and oxygen atoms in total. The van der Waals surface area contributed by atoms with E-state index >= 15 is 0 Å². The van der Waals surface area contributed by atoms with Gasteiger partial charge in [-0.05, 0) is 44.5 Å². The summed E-state index contributed by atoms with van der Waals surface area (Å²) in [4.78, 5) is 23.1. The van der Waals surface area contributed by atoms with Crippen LogP contribution in [0.1, 0.15) is 45.5 Å². The molecule has 0 radical (unpaired) electrons. The Balaban J connectivity index is 2.10. The third-order valence-corrected chi connectivity index (χ3v) is 5.99. The number of likely N-dealkylation sites (N-methyl/N-ethyl adjacent to an activating group) is 1. The van der Waals surface area contributed by atoms with Crippen molar-refractivity contribution < 1.29 is 0 Å². The van der Waals surface area contributed by atoms with Crippen molar-refractivity contribution in [2.24, 2.45) is 5.92 Å². The molecule has 1 aliphatic rings. The molecule has 1 fully saturated rings. The predicted molar refractivity (Wildman–Crippen MR) is 115 cm³/mol. The molecular formula is C21H31BrN4O. The van der Waals surface area contributed by atoms with E-state index < -0.39 is 0 Å². The van der Waals surface area contributed by atoms with Crippen LogP contribution in [0.4, 0.5) is 0 Å². The molecule has 6 heteroatoms. The summed E-state index contributed by atoms with van der Waals surface area (Å²) in [6.45, 7) is 11.5. The summed E-state index contributed by atoms with van der Waals surface area (Å²) < 4.78 is 2.80. The smallest absolute Gasteiger partial charge is 0.261 e. The second-order valence-electron chi connectivity index (χ2n) is 7.85. The summed E-state index contributed by atoms with van der Waals surface area (Å²) in [6.07, 6.45) is 2.09. The van der Waals surface area contributed by atoms with E-state index in [4.69, 9.17) is 4.98 Å². The monoisotopic (exact) mass is 434 g/mol. The summed E-state index contributed by atoms with van der Waals surface area (Å²) >= 11 is 3.48. The highest BCUT2D eigenvalue weighted by Crippen LogP contribution is 2.28. The lowest BCUT2D eigenvalue weighted by atomic mass is 10.1. The summed E-state index contributed by atoms with van der Waals surface area (Å²) in [5.41, 5.74) is 0.865. The summed E-state index contributed by atoms with van der Waals surface area (Å²) in [5.74, 6) is 1.53. The Morgan fingerprint density at radius 2 is 2.04 bits per heavy atom. The normalized spacial score (nSPS) is 20.7. The van der Waals surface area contributed by atoms with Crippen LogP contribution in [0.3, 0.4) is 0 Å². The molecule has 1 aromatic carbocycles. The third-order valence-electron chi connectivity index (χ3n) is 5.50. The second kappa shape index (κ2) is 8.84. The highest BCUT2D eigenvalue weighted by atomic mass is 79.9. The number of aromatic nitrogens is 2. The van der Waals surface area contributed by atoms with E-state index in [1.54, 1.807) is 0 Å². The Morgan fingerprint density at radius 1 is 1.26 bits per heavy atom. The molecule has 3 rings (SSSR count). The Bertz CT molecular complexity index is 850. The highest BCUT2D eigenvalue weighted by Gasteiger charge is 2.28. The number of hydrogen-bond acceptors (Lipinski definition) is 4. The van der Waals surface area contributed by atoms with Gasteiger partial charge in [0, 0.05) is 37.2 Å². The van der Waals surface area contributed by atoms with Crippen molar-refractivity contribution >= 4 is 26.8 Å². The molecule has 0 spiro atoms. The zero-order valence-electron chi connectivity index (χ0n) is 16.9. The minimum absolute atomic E-state index is 0.0693. The van der Waals surface area contributed by atoms with Crippen LogP contribution >= 0.6 is 15.9 Å². The van der Waals surface area contributed by atoms with Crippen molar-refractivity contribution in [1.82, 2.24) is 19.4 Å². The van der Waals surface area contributed by atoms with Crippen molar-refractivity contribution in [3.8, 4) is 0 Å². The maximum Gasteiger partial charge on any atom is 0.261 e. The van der Waals surface area contributed by atoms with E-state index in [0.29, 0.717) is 17.8 Å². The van der Waals surface area contributed by atoms with E-state index in [0.717, 1.165) is 54.8 Å². The molecule has 1 aliphatic heterocycles.